The van der Waals surface area contributed by atoms with Gasteiger partial charge in [-0.15, -0.1) is 0 Å². The average molecular weight is 353 g/mol. The van der Waals surface area contributed by atoms with Gasteiger partial charge < -0.3 is 5.11 Å². The lowest BCUT2D eigenvalue weighted by molar-refractivity contribution is -0.131. The van der Waals surface area contributed by atoms with Gasteiger partial charge >= 0.3 is 18.3 Å². The summed E-state index contributed by atoms with van der Waals surface area (Å²) in [7, 11) is 0. The van der Waals surface area contributed by atoms with E-state index >= 15 is 0 Å². The molecular formula is C13H9F6N3O2. The number of rotatable bonds is 3. The van der Waals surface area contributed by atoms with E-state index in [1.165, 1.54) is 0 Å². The normalized spacial score (nSPS) is 19.3. The summed E-state index contributed by atoms with van der Waals surface area (Å²) in [6, 6.07) is 0. The highest BCUT2D eigenvalue weighted by atomic mass is 19.4. The lowest BCUT2D eigenvalue weighted by atomic mass is 9.89. The van der Waals surface area contributed by atoms with E-state index in [4.69, 9.17) is 5.11 Å². The third-order valence-corrected chi connectivity index (χ3v) is 3.07. The van der Waals surface area contributed by atoms with Crippen molar-refractivity contribution in [1.82, 2.24) is 14.8 Å². The van der Waals surface area contributed by atoms with Gasteiger partial charge in [0.05, 0.1) is 5.57 Å². The van der Waals surface area contributed by atoms with Crippen LogP contribution in [0.3, 0.4) is 0 Å². The lowest BCUT2D eigenvalue weighted by Gasteiger charge is -2.22. The van der Waals surface area contributed by atoms with Crippen molar-refractivity contribution in [2.75, 3.05) is 0 Å². The highest BCUT2D eigenvalue weighted by molar-refractivity contribution is 5.82. The first-order chi connectivity index (χ1) is 11.0. The Balaban J connectivity index is 2.35. The fourth-order valence-electron chi connectivity index (χ4n) is 2.02. The van der Waals surface area contributed by atoms with Crippen LogP contribution in [0, 0.1) is 0 Å². The van der Waals surface area contributed by atoms with Gasteiger partial charge in [0.1, 0.15) is 6.33 Å². The molecule has 0 saturated carbocycles. The van der Waals surface area contributed by atoms with Gasteiger partial charge in [-0.1, -0.05) is 6.08 Å². The quantitative estimate of drug-likeness (QED) is 0.669. The van der Waals surface area contributed by atoms with Crippen LogP contribution < -0.4 is 0 Å². The first kappa shape index (κ1) is 17.8. The largest absolute Gasteiger partial charge is 0.478 e. The molecule has 1 aliphatic rings. The molecule has 24 heavy (non-hydrogen) atoms. The maximum atomic E-state index is 12.8. The van der Waals surface area contributed by atoms with Gasteiger partial charge in [0, 0.05) is 23.8 Å². The zero-order valence-electron chi connectivity index (χ0n) is 11.6. The van der Waals surface area contributed by atoms with Crippen LogP contribution in [0.15, 0.2) is 35.7 Å². The van der Waals surface area contributed by atoms with Gasteiger partial charge in [-0.05, 0) is 12.5 Å². The van der Waals surface area contributed by atoms with Gasteiger partial charge in [0.2, 0.25) is 0 Å². The molecule has 1 aliphatic carbocycles. The molecule has 1 aromatic rings. The molecule has 2 rings (SSSR count). The molecule has 1 atom stereocenters. The molecule has 1 unspecified atom stereocenters. The van der Waals surface area contributed by atoms with Crippen LogP contribution in [-0.4, -0.2) is 38.2 Å². The van der Waals surface area contributed by atoms with Crippen LogP contribution in [0.1, 0.15) is 18.2 Å². The maximum absolute atomic E-state index is 12.8. The summed E-state index contributed by atoms with van der Waals surface area (Å²) in [4.78, 5) is 14.0. The summed E-state index contributed by atoms with van der Waals surface area (Å²) in [5, 5.41) is 12.2. The minimum Gasteiger partial charge on any atom is -0.478 e. The van der Waals surface area contributed by atoms with Crippen LogP contribution in [-0.2, 0) is 4.79 Å². The molecule has 130 valence electrons. The number of carboxylic acid groups (broad SMARTS) is 1. The van der Waals surface area contributed by atoms with Crippen molar-refractivity contribution in [3.63, 3.8) is 0 Å². The summed E-state index contributed by atoms with van der Waals surface area (Å²) in [5.41, 5.74) is -2.76. The van der Waals surface area contributed by atoms with E-state index in [0.717, 1.165) is 17.2 Å². The standard InChI is InChI=1S/C13H9F6N3O2/c14-12(15,16)8-3-7(4-9(5-8)13(17,18)19)11-20-6-22(21-11)2-1-10(23)24/h1-3,5-7H,4H2,(H,23,24)/b2-1+. The van der Waals surface area contributed by atoms with Crippen LogP contribution in [0.5, 0.6) is 0 Å². The van der Waals surface area contributed by atoms with Crippen molar-refractivity contribution >= 4 is 12.2 Å². The Bertz CT molecular complexity index is 727. The highest BCUT2D eigenvalue weighted by Gasteiger charge is 2.42. The molecule has 0 spiro atoms. The first-order valence-corrected chi connectivity index (χ1v) is 6.36. The van der Waals surface area contributed by atoms with Crippen LogP contribution in [0.4, 0.5) is 26.3 Å². The fourth-order valence-corrected chi connectivity index (χ4v) is 2.02. The number of carbonyl (C=O) groups is 1. The molecule has 0 amide bonds. The minimum absolute atomic E-state index is 0.0673. The van der Waals surface area contributed by atoms with E-state index in [0.29, 0.717) is 12.2 Å². The zero-order chi connectivity index (χ0) is 18.1. The molecular weight excluding hydrogens is 344 g/mol. The predicted octanol–water partition coefficient (Wildman–Crippen LogP) is 3.30. The molecule has 5 nitrogen and oxygen atoms in total. The van der Waals surface area contributed by atoms with Crippen molar-refractivity contribution in [3.05, 3.63) is 41.5 Å². The number of hydrogen-bond donors (Lipinski definition) is 1. The fraction of sp³-hybridized carbons (Fsp3) is 0.308. The second kappa shape index (κ2) is 6.13. The third kappa shape index (κ3) is 4.24. The molecule has 11 heteroatoms. The third-order valence-electron chi connectivity index (χ3n) is 3.07. The van der Waals surface area contributed by atoms with Gasteiger partial charge in [0.15, 0.2) is 5.82 Å². The second-order valence-electron chi connectivity index (χ2n) is 4.83. The average Bonchev–Trinajstić information content (AvgIpc) is 2.91. The lowest BCUT2D eigenvalue weighted by Crippen LogP contribution is -2.22. The molecule has 0 aliphatic heterocycles. The van der Waals surface area contributed by atoms with Crippen molar-refractivity contribution in [2.24, 2.45) is 0 Å². The summed E-state index contributed by atoms with van der Waals surface area (Å²) in [6.45, 7) is 0. The zero-order valence-corrected chi connectivity index (χ0v) is 11.6. The topological polar surface area (TPSA) is 68.0 Å². The molecule has 0 aromatic carbocycles. The Morgan fingerprint density at radius 3 is 2.46 bits per heavy atom. The number of aliphatic carboxylic acids is 1. The van der Waals surface area contributed by atoms with Gasteiger partial charge in [0.25, 0.3) is 0 Å². The van der Waals surface area contributed by atoms with Gasteiger partial charge in [-0.25, -0.2) is 14.5 Å². The van der Waals surface area contributed by atoms with E-state index in [9.17, 15) is 31.1 Å². The molecule has 0 radical (unpaired) electrons. The minimum atomic E-state index is -4.94. The Morgan fingerprint density at radius 1 is 1.25 bits per heavy atom. The van der Waals surface area contributed by atoms with Crippen LogP contribution >= 0.6 is 0 Å². The number of carboxylic acids is 1. The van der Waals surface area contributed by atoms with E-state index in [1.54, 1.807) is 0 Å². The summed E-state index contributed by atoms with van der Waals surface area (Å²) >= 11 is 0. The van der Waals surface area contributed by atoms with Crippen LogP contribution in [0.2, 0.25) is 0 Å². The molecule has 1 heterocycles. The van der Waals surface area contributed by atoms with E-state index < -0.39 is 41.8 Å². The van der Waals surface area contributed by atoms with E-state index in [1.807, 2.05) is 0 Å². The molecule has 0 saturated heterocycles. The Morgan fingerprint density at radius 2 is 1.92 bits per heavy atom. The number of allylic oxidation sites excluding steroid dienone is 4. The van der Waals surface area contributed by atoms with Crippen molar-refractivity contribution < 1.29 is 36.2 Å². The molecule has 1 N–H and O–H groups in total. The number of hydrogen-bond acceptors (Lipinski definition) is 3. The molecule has 0 bridgehead atoms. The second-order valence-corrected chi connectivity index (χ2v) is 4.83. The SMILES string of the molecule is O=C(O)/C=C/n1cnc(C2C=C(C(F)(F)F)C=C(C(F)(F)F)C2)n1. The number of alkyl halides is 6. The first-order valence-electron chi connectivity index (χ1n) is 6.36. The number of halogens is 6. The number of aromatic nitrogens is 3. The highest BCUT2D eigenvalue weighted by Crippen LogP contribution is 2.42. The van der Waals surface area contributed by atoms with E-state index in [-0.39, 0.29) is 11.9 Å². The van der Waals surface area contributed by atoms with Gasteiger partial charge in [-0.2, -0.15) is 31.4 Å². The van der Waals surface area contributed by atoms with Crippen molar-refractivity contribution in [2.45, 2.75) is 24.7 Å². The molecule has 1 aromatic heterocycles. The van der Waals surface area contributed by atoms with E-state index in [2.05, 4.69) is 10.1 Å². The summed E-state index contributed by atoms with van der Waals surface area (Å²) in [5.74, 6) is -2.91. The number of nitrogens with zero attached hydrogens (tertiary/aromatic N) is 3. The van der Waals surface area contributed by atoms with Crippen molar-refractivity contribution in [3.8, 4) is 0 Å². The Kier molecular flexibility index (Phi) is 4.54. The Hall–Kier alpha value is -2.59. The van der Waals surface area contributed by atoms with Gasteiger partial charge in [-0.3, -0.25) is 0 Å². The predicted molar refractivity (Wildman–Crippen MR) is 68.6 cm³/mol. The maximum Gasteiger partial charge on any atom is 0.416 e. The summed E-state index contributed by atoms with van der Waals surface area (Å²) in [6.07, 6.45) is -7.27. The van der Waals surface area contributed by atoms with Crippen molar-refractivity contribution in [1.29, 1.82) is 0 Å². The Labute approximate surface area is 130 Å². The smallest absolute Gasteiger partial charge is 0.416 e. The summed E-state index contributed by atoms with van der Waals surface area (Å²) < 4.78 is 77.8. The van der Waals surface area contributed by atoms with Crippen LogP contribution in [0.25, 0.3) is 6.20 Å². The monoisotopic (exact) mass is 353 g/mol. The molecule has 0 fully saturated rings.